The lowest BCUT2D eigenvalue weighted by atomic mass is 10.0. The van der Waals surface area contributed by atoms with E-state index < -0.39 is 10.2 Å². The fraction of sp³-hybridized carbons (Fsp3) is 0.261. The lowest BCUT2D eigenvalue weighted by Crippen LogP contribution is -2.48. The van der Waals surface area contributed by atoms with Crippen LogP contribution in [-0.4, -0.2) is 38.7 Å². The Morgan fingerprint density at radius 1 is 0.897 bits per heavy atom. The first-order valence-electron chi connectivity index (χ1n) is 9.99. The molecule has 3 aromatic rings. The summed E-state index contributed by atoms with van der Waals surface area (Å²) in [6.45, 7) is 2.63. The molecule has 0 aliphatic carbocycles. The van der Waals surface area contributed by atoms with Crippen LogP contribution >= 0.6 is 0 Å². The molecule has 2 aliphatic rings. The molecule has 0 bridgehead atoms. The molecule has 0 amide bonds. The van der Waals surface area contributed by atoms with Gasteiger partial charge >= 0.3 is 10.2 Å². The van der Waals surface area contributed by atoms with Crippen molar-refractivity contribution in [3.05, 3.63) is 77.9 Å². The number of benzene rings is 3. The second-order valence-corrected chi connectivity index (χ2v) is 9.26. The van der Waals surface area contributed by atoms with Gasteiger partial charge in [0, 0.05) is 31.2 Å². The number of anilines is 1. The number of rotatable bonds is 3. The zero-order valence-electron chi connectivity index (χ0n) is 16.1. The Kier molecular flexibility index (Phi) is 4.60. The Bertz CT molecular complexity index is 1180. The highest BCUT2D eigenvalue weighted by atomic mass is 32.2. The van der Waals surface area contributed by atoms with Crippen molar-refractivity contribution in [3.8, 4) is 0 Å². The monoisotopic (exact) mass is 405 g/mol. The summed E-state index contributed by atoms with van der Waals surface area (Å²) in [5, 5.41) is 2.51. The van der Waals surface area contributed by atoms with Gasteiger partial charge in [-0.05, 0) is 41.3 Å². The van der Waals surface area contributed by atoms with Gasteiger partial charge in [-0.25, -0.2) is 4.31 Å². The smallest absolute Gasteiger partial charge is 0.299 e. The van der Waals surface area contributed by atoms with Crippen molar-refractivity contribution in [2.45, 2.75) is 25.4 Å². The molecule has 1 saturated heterocycles. The summed E-state index contributed by atoms with van der Waals surface area (Å²) in [5.41, 5.74) is 2.90. The summed E-state index contributed by atoms with van der Waals surface area (Å²) in [6, 6.07) is 22.5. The predicted molar refractivity (Wildman–Crippen MR) is 118 cm³/mol. The molecule has 0 unspecified atom stereocenters. The number of hydrogen-bond donors (Lipinski definition) is 0. The van der Waals surface area contributed by atoms with Crippen LogP contribution in [0.1, 0.15) is 24.0 Å². The van der Waals surface area contributed by atoms with Crippen LogP contribution in [0.4, 0.5) is 5.69 Å². The molecule has 6 heteroatoms. The molecular weight excluding hydrogens is 382 g/mol. The van der Waals surface area contributed by atoms with Crippen molar-refractivity contribution >= 4 is 32.9 Å². The van der Waals surface area contributed by atoms with Crippen LogP contribution in [0.3, 0.4) is 0 Å². The van der Waals surface area contributed by atoms with Crippen molar-refractivity contribution in [1.29, 1.82) is 0 Å². The van der Waals surface area contributed by atoms with Crippen LogP contribution in [0.2, 0.25) is 0 Å². The van der Waals surface area contributed by atoms with Crippen LogP contribution in [0.15, 0.2) is 71.1 Å². The second kappa shape index (κ2) is 7.28. The van der Waals surface area contributed by atoms with Gasteiger partial charge in [-0.15, -0.1) is 0 Å². The molecule has 2 heterocycles. The zero-order valence-corrected chi connectivity index (χ0v) is 16.9. The molecule has 0 atom stereocenters. The lowest BCUT2D eigenvalue weighted by Gasteiger charge is -2.39. The molecule has 0 N–H and O–H groups in total. The minimum Gasteiger partial charge on any atom is -0.299 e. The third-order valence-electron chi connectivity index (χ3n) is 5.86. The quantitative estimate of drug-likeness (QED) is 0.662. The van der Waals surface area contributed by atoms with Crippen LogP contribution in [0, 0.1) is 0 Å². The predicted octanol–water partition coefficient (Wildman–Crippen LogP) is 3.99. The van der Waals surface area contributed by atoms with Gasteiger partial charge in [-0.2, -0.15) is 12.8 Å². The van der Waals surface area contributed by atoms with Crippen LogP contribution in [-0.2, 0) is 16.8 Å². The maximum Gasteiger partial charge on any atom is 0.344 e. The minimum atomic E-state index is -3.65. The maximum absolute atomic E-state index is 12.7. The Hall–Kier alpha value is -2.70. The molecule has 0 aromatic heterocycles. The highest BCUT2D eigenvalue weighted by Gasteiger charge is 2.35. The number of likely N-dealkylation sites (tertiary alicyclic amines) is 1. The summed E-state index contributed by atoms with van der Waals surface area (Å²) in [5.74, 6) is 0. The first-order valence-corrected chi connectivity index (χ1v) is 11.4. The van der Waals surface area contributed by atoms with Crippen LogP contribution < -0.4 is 4.31 Å². The van der Waals surface area contributed by atoms with Gasteiger partial charge in [0.25, 0.3) is 0 Å². The van der Waals surface area contributed by atoms with E-state index in [1.54, 1.807) is 0 Å². The molecule has 5 rings (SSSR count). The van der Waals surface area contributed by atoms with Crippen molar-refractivity contribution in [2.24, 2.45) is 4.40 Å². The summed E-state index contributed by atoms with van der Waals surface area (Å²) < 4.78 is 30.7. The number of para-hydroxylation sites is 1. The van der Waals surface area contributed by atoms with Crippen molar-refractivity contribution in [3.63, 3.8) is 0 Å². The van der Waals surface area contributed by atoms with Gasteiger partial charge in [0.05, 0.1) is 11.9 Å². The van der Waals surface area contributed by atoms with Gasteiger partial charge < -0.3 is 0 Å². The molecule has 3 aromatic carbocycles. The summed E-state index contributed by atoms with van der Waals surface area (Å²) >= 11 is 0. The Balaban J connectivity index is 1.30. The summed E-state index contributed by atoms with van der Waals surface area (Å²) in [4.78, 5) is 2.41. The van der Waals surface area contributed by atoms with Gasteiger partial charge in [0.2, 0.25) is 0 Å². The van der Waals surface area contributed by atoms with E-state index in [0.29, 0.717) is 0 Å². The first-order chi connectivity index (χ1) is 14.1. The summed E-state index contributed by atoms with van der Waals surface area (Å²) in [7, 11) is -3.65. The second-order valence-electron chi connectivity index (χ2n) is 7.76. The average Bonchev–Trinajstić information content (AvgIpc) is 2.74. The van der Waals surface area contributed by atoms with E-state index in [4.69, 9.17) is 0 Å². The van der Waals surface area contributed by atoms with Gasteiger partial charge in [-0.1, -0.05) is 54.6 Å². The highest BCUT2D eigenvalue weighted by molar-refractivity contribution is 7.91. The Labute approximate surface area is 171 Å². The Morgan fingerprint density at radius 2 is 1.62 bits per heavy atom. The van der Waals surface area contributed by atoms with E-state index in [1.807, 2.05) is 24.3 Å². The lowest BCUT2D eigenvalue weighted by molar-refractivity contribution is 0.206. The third kappa shape index (κ3) is 3.54. The molecule has 0 radical (unpaired) electrons. The van der Waals surface area contributed by atoms with E-state index in [2.05, 4.69) is 51.8 Å². The molecule has 0 spiro atoms. The van der Waals surface area contributed by atoms with E-state index >= 15 is 0 Å². The first kappa shape index (κ1) is 18.3. The van der Waals surface area contributed by atoms with Crippen LogP contribution in [0.25, 0.3) is 10.8 Å². The highest BCUT2D eigenvalue weighted by Crippen LogP contribution is 2.32. The molecule has 29 heavy (non-hydrogen) atoms. The van der Waals surface area contributed by atoms with Gasteiger partial charge in [0.15, 0.2) is 0 Å². The van der Waals surface area contributed by atoms with Crippen molar-refractivity contribution < 1.29 is 8.42 Å². The molecule has 2 aliphatic heterocycles. The minimum absolute atomic E-state index is 0.0496. The van der Waals surface area contributed by atoms with E-state index in [1.165, 1.54) is 26.9 Å². The maximum atomic E-state index is 12.7. The van der Waals surface area contributed by atoms with E-state index in [0.717, 1.165) is 43.7 Å². The molecule has 148 valence electrons. The van der Waals surface area contributed by atoms with Crippen molar-refractivity contribution in [1.82, 2.24) is 4.90 Å². The molecule has 5 nitrogen and oxygen atoms in total. The van der Waals surface area contributed by atoms with Gasteiger partial charge in [0.1, 0.15) is 0 Å². The molecule has 1 fully saturated rings. The van der Waals surface area contributed by atoms with Gasteiger partial charge in [-0.3, -0.25) is 4.90 Å². The van der Waals surface area contributed by atoms with Crippen molar-refractivity contribution in [2.75, 3.05) is 17.4 Å². The van der Waals surface area contributed by atoms with E-state index in [-0.39, 0.29) is 6.04 Å². The fourth-order valence-corrected chi connectivity index (χ4v) is 5.74. The third-order valence-corrected chi connectivity index (χ3v) is 7.22. The number of fused-ring (bicyclic) bond motifs is 2. The van der Waals surface area contributed by atoms with Crippen LogP contribution in [0.5, 0.6) is 0 Å². The largest absolute Gasteiger partial charge is 0.344 e. The number of piperidine rings is 1. The Morgan fingerprint density at radius 3 is 2.45 bits per heavy atom. The zero-order chi connectivity index (χ0) is 19.8. The number of nitrogens with zero attached hydrogens (tertiary/aromatic N) is 3. The van der Waals surface area contributed by atoms with E-state index in [9.17, 15) is 8.42 Å². The fourth-order valence-electron chi connectivity index (χ4n) is 4.39. The molecular formula is C23H23N3O2S. The molecule has 0 saturated carbocycles. The average molecular weight is 406 g/mol. The number of hydrogen-bond acceptors (Lipinski definition) is 3. The SMILES string of the molecule is O=S1(=O)N=Cc2ccccc2N1C1CCN(Cc2ccc3ccccc3c2)CC1. The topological polar surface area (TPSA) is 53.0 Å². The normalized spacial score (nSPS) is 19.4. The summed E-state index contributed by atoms with van der Waals surface area (Å²) in [6.07, 6.45) is 3.06. The standard InChI is InChI=1S/C23H23N3O2S/c27-29(28)24-16-21-7-3-4-8-23(21)26(29)22-11-13-25(14-12-22)17-18-9-10-19-5-1-2-6-20(19)15-18/h1-10,15-16,22H,11-14,17H2.